The van der Waals surface area contributed by atoms with Crippen LogP contribution < -0.4 is 5.73 Å². The van der Waals surface area contributed by atoms with Crippen LogP contribution in [0.4, 0.5) is 0 Å². The second-order valence-corrected chi connectivity index (χ2v) is 4.37. The lowest BCUT2D eigenvalue weighted by Crippen LogP contribution is -2.02. The monoisotopic (exact) mass is 232 g/mol. The maximum absolute atomic E-state index is 5.64. The molecule has 90 valence electrons. The molecule has 0 aromatic carbocycles. The fourth-order valence-electron chi connectivity index (χ4n) is 2.28. The summed E-state index contributed by atoms with van der Waals surface area (Å²) >= 11 is 0. The van der Waals surface area contributed by atoms with Crippen molar-refractivity contribution in [3.63, 3.8) is 0 Å². The van der Waals surface area contributed by atoms with Crippen LogP contribution in [0.2, 0.25) is 0 Å². The molecule has 0 spiro atoms. The summed E-state index contributed by atoms with van der Waals surface area (Å²) in [5, 5.41) is 8.49. The molecule has 0 radical (unpaired) electrons. The molecule has 0 saturated heterocycles. The summed E-state index contributed by atoms with van der Waals surface area (Å²) in [5.74, 6) is 3.46. The molecule has 0 amide bonds. The van der Waals surface area contributed by atoms with Gasteiger partial charge in [0, 0.05) is 13.0 Å². The summed E-state index contributed by atoms with van der Waals surface area (Å²) in [6.45, 7) is 1.40. The first-order valence-corrected chi connectivity index (χ1v) is 6.09. The highest BCUT2D eigenvalue weighted by Crippen LogP contribution is 2.24. The van der Waals surface area contributed by atoms with E-state index in [-0.39, 0.29) is 0 Å². The molecule has 17 heavy (non-hydrogen) atoms. The molecular weight excluding hydrogens is 216 g/mol. The molecule has 1 aliphatic rings. The van der Waals surface area contributed by atoms with Crippen LogP contribution in [0.5, 0.6) is 0 Å². The van der Waals surface area contributed by atoms with Crippen molar-refractivity contribution in [2.24, 2.45) is 5.73 Å². The van der Waals surface area contributed by atoms with Crippen LogP contribution in [0.3, 0.4) is 0 Å². The molecule has 0 unspecified atom stereocenters. The minimum atomic E-state index is 0.418. The van der Waals surface area contributed by atoms with E-state index in [0.717, 1.165) is 36.1 Å². The van der Waals surface area contributed by atoms with Crippen molar-refractivity contribution in [1.29, 1.82) is 0 Å². The van der Waals surface area contributed by atoms with Crippen LogP contribution in [0.1, 0.15) is 30.8 Å². The van der Waals surface area contributed by atoms with E-state index in [1.165, 1.54) is 19.3 Å². The minimum Gasteiger partial charge on any atom is -0.456 e. The highest BCUT2D eigenvalue weighted by molar-refractivity contribution is 5.47. The Bertz CT molecular complexity index is 514. The molecule has 0 aliphatic carbocycles. The zero-order chi connectivity index (χ0) is 11.7. The molecule has 0 bridgehead atoms. The molecule has 0 fully saturated rings. The van der Waals surface area contributed by atoms with Gasteiger partial charge in [0.15, 0.2) is 11.6 Å². The number of hydrogen-bond acceptors (Lipinski definition) is 4. The molecule has 2 aromatic heterocycles. The first-order chi connectivity index (χ1) is 8.38. The van der Waals surface area contributed by atoms with Gasteiger partial charge in [-0.15, -0.1) is 10.2 Å². The van der Waals surface area contributed by atoms with Crippen molar-refractivity contribution < 1.29 is 4.42 Å². The van der Waals surface area contributed by atoms with Crippen molar-refractivity contribution in [1.82, 2.24) is 14.8 Å². The van der Waals surface area contributed by atoms with E-state index in [1.807, 2.05) is 12.1 Å². The zero-order valence-electron chi connectivity index (χ0n) is 9.72. The maximum atomic E-state index is 5.64. The fourth-order valence-corrected chi connectivity index (χ4v) is 2.28. The van der Waals surface area contributed by atoms with Crippen LogP contribution in [0.25, 0.3) is 11.6 Å². The quantitative estimate of drug-likeness (QED) is 0.856. The highest BCUT2D eigenvalue weighted by Gasteiger charge is 2.18. The summed E-state index contributed by atoms with van der Waals surface area (Å²) in [6.07, 6.45) is 4.65. The van der Waals surface area contributed by atoms with E-state index in [2.05, 4.69) is 14.8 Å². The first-order valence-electron chi connectivity index (χ1n) is 6.09. The number of rotatable bonds is 2. The number of aryl methyl sites for hydroxylation is 1. The van der Waals surface area contributed by atoms with E-state index >= 15 is 0 Å². The van der Waals surface area contributed by atoms with Gasteiger partial charge < -0.3 is 14.7 Å². The van der Waals surface area contributed by atoms with Crippen molar-refractivity contribution in [3.8, 4) is 11.6 Å². The van der Waals surface area contributed by atoms with Crippen molar-refractivity contribution in [2.75, 3.05) is 0 Å². The highest BCUT2D eigenvalue weighted by atomic mass is 16.3. The van der Waals surface area contributed by atoms with Gasteiger partial charge in [0.05, 0.1) is 6.54 Å². The van der Waals surface area contributed by atoms with E-state index in [1.54, 1.807) is 0 Å². The molecule has 2 aromatic rings. The van der Waals surface area contributed by atoms with Crippen LogP contribution >= 0.6 is 0 Å². The Morgan fingerprint density at radius 1 is 1.24 bits per heavy atom. The molecule has 3 heterocycles. The van der Waals surface area contributed by atoms with Crippen LogP contribution in [-0.2, 0) is 19.5 Å². The molecule has 5 heteroatoms. The van der Waals surface area contributed by atoms with Crippen molar-refractivity contribution in [2.45, 2.75) is 38.8 Å². The summed E-state index contributed by atoms with van der Waals surface area (Å²) < 4.78 is 7.81. The average molecular weight is 232 g/mol. The lowest BCUT2D eigenvalue weighted by atomic mass is 10.2. The Hall–Kier alpha value is -1.62. The number of nitrogens with zero attached hydrogens (tertiary/aromatic N) is 3. The summed E-state index contributed by atoms with van der Waals surface area (Å²) in [7, 11) is 0. The molecule has 2 N–H and O–H groups in total. The van der Waals surface area contributed by atoms with Gasteiger partial charge in [-0.3, -0.25) is 0 Å². The van der Waals surface area contributed by atoms with Gasteiger partial charge in [-0.1, -0.05) is 6.42 Å². The molecule has 1 aliphatic heterocycles. The van der Waals surface area contributed by atoms with Gasteiger partial charge in [-0.2, -0.15) is 0 Å². The van der Waals surface area contributed by atoms with E-state index < -0.39 is 0 Å². The van der Waals surface area contributed by atoms with Gasteiger partial charge in [0.1, 0.15) is 11.6 Å². The molecular formula is C12H16N4O. The third-order valence-electron chi connectivity index (χ3n) is 3.19. The Morgan fingerprint density at radius 2 is 2.18 bits per heavy atom. The summed E-state index contributed by atoms with van der Waals surface area (Å²) in [4.78, 5) is 0. The van der Waals surface area contributed by atoms with Crippen molar-refractivity contribution in [3.05, 3.63) is 23.7 Å². The van der Waals surface area contributed by atoms with Gasteiger partial charge in [0.2, 0.25) is 0 Å². The Morgan fingerprint density at radius 3 is 3.00 bits per heavy atom. The van der Waals surface area contributed by atoms with E-state index in [9.17, 15) is 0 Å². The minimum absolute atomic E-state index is 0.418. The molecule has 5 nitrogen and oxygen atoms in total. The van der Waals surface area contributed by atoms with Gasteiger partial charge in [-0.05, 0) is 25.0 Å². The molecule has 0 saturated carbocycles. The lowest BCUT2D eigenvalue weighted by Gasteiger charge is -2.04. The molecule has 0 atom stereocenters. The standard InChI is InChI=1S/C12H16N4O/c13-8-9-5-6-10(17-9)12-15-14-11-4-2-1-3-7-16(11)12/h5-6H,1-4,7-8,13H2. The van der Waals surface area contributed by atoms with Crippen LogP contribution in [0, 0.1) is 0 Å². The summed E-state index contributed by atoms with van der Waals surface area (Å²) in [6, 6.07) is 3.82. The number of fused-ring (bicyclic) bond motifs is 1. The Balaban J connectivity index is 2.00. The topological polar surface area (TPSA) is 69.9 Å². The fraction of sp³-hybridized carbons (Fsp3) is 0.500. The predicted octanol–water partition coefficient (Wildman–Crippen LogP) is 1.72. The van der Waals surface area contributed by atoms with E-state index in [0.29, 0.717) is 6.54 Å². The third-order valence-corrected chi connectivity index (χ3v) is 3.19. The zero-order valence-corrected chi connectivity index (χ0v) is 9.72. The van der Waals surface area contributed by atoms with Crippen molar-refractivity contribution >= 4 is 0 Å². The van der Waals surface area contributed by atoms with Crippen LogP contribution in [0.15, 0.2) is 16.5 Å². The van der Waals surface area contributed by atoms with Crippen LogP contribution in [-0.4, -0.2) is 14.8 Å². The maximum Gasteiger partial charge on any atom is 0.199 e. The largest absolute Gasteiger partial charge is 0.456 e. The number of furan rings is 1. The smallest absolute Gasteiger partial charge is 0.199 e. The third kappa shape index (κ3) is 1.86. The van der Waals surface area contributed by atoms with Gasteiger partial charge in [-0.25, -0.2) is 0 Å². The summed E-state index contributed by atoms with van der Waals surface area (Å²) in [5.41, 5.74) is 5.54. The number of nitrogens with two attached hydrogens (primary N) is 1. The SMILES string of the molecule is NCc1ccc(-c2nnc3n2CCCCC3)o1. The predicted molar refractivity (Wildman–Crippen MR) is 63.2 cm³/mol. The lowest BCUT2D eigenvalue weighted by molar-refractivity contribution is 0.515. The normalized spacial score (nSPS) is 15.6. The second-order valence-electron chi connectivity index (χ2n) is 4.37. The first kappa shape index (κ1) is 10.5. The Kier molecular flexibility index (Phi) is 2.68. The number of hydrogen-bond donors (Lipinski definition) is 1. The second kappa shape index (κ2) is 4.33. The Labute approximate surface area is 99.6 Å². The number of aromatic nitrogens is 3. The van der Waals surface area contributed by atoms with E-state index in [4.69, 9.17) is 10.2 Å². The molecule has 3 rings (SSSR count). The average Bonchev–Trinajstić information content (AvgIpc) is 2.90. The van der Waals surface area contributed by atoms with Gasteiger partial charge >= 0.3 is 0 Å². The van der Waals surface area contributed by atoms with Gasteiger partial charge in [0.25, 0.3) is 0 Å².